The average Bonchev–Trinajstić information content (AvgIpc) is 2.44. The molecule has 20 heavy (non-hydrogen) atoms. The Labute approximate surface area is 121 Å². The molecule has 1 aromatic rings. The number of rotatable bonds is 7. The molecule has 0 saturated carbocycles. The largest absolute Gasteiger partial charge is 0.497 e. The number of carbonyl (C=O) groups is 1. The van der Waals surface area contributed by atoms with Crippen LogP contribution in [-0.2, 0) is 11.2 Å². The minimum absolute atomic E-state index is 0.0372. The maximum atomic E-state index is 12.1. The number of methoxy groups -OCH3 is 1. The molecule has 0 aliphatic carbocycles. The summed E-state index contributed by atoms with van der Waals surface area (Å²) in [6.45, 7) is 5.40. The Hall–Kier alpha value is -1.55. The van der Waals surface area contributed by atoms with Gasteiger partial charge in [-0.25, -0.2) is 0 Å². The molecule has 4 heteroatoms. The second-order valence-corrected chi connectivity index (χ2v) is 5.97. The van der Waals surface area contributed by atoms with Crippen LogP contribution in [0.15, 0.2) is 24.3 Å². The first kappa shape index (κ1) is 16.5. The first-order chi connectivity index (χ1) is 9.38. The topological polar surface area (TPSA) is 55.6 Å². The van der Waals surface area contributed by atoms with Crippen molar-refractivity contribution in [3.8, 4) is 5.75 Å². The summed E-state index contributed by atoms with van der Waals surface area (Å²) >= 11 is 0. The fraction of sp³-hybridized carbons (Fsp3) is 0.562. The van der Waals surface area contributed by atoms with Crippen molar-refractivity contribution < 1.29 is 9.53 Å². The van der Waals surface area contributed by atoms with Crippen molar-refractivity contribution in [3.05, 3.63) is 29.8 Å². The van der Waals surface area contributed by atoms with Gasteiger partial charge >= 0.3 is 0 Å². The molecule has 112 valence electrons. The Morgan fingerprint density at radius 2 is 1.90 bits per heavy atom. The fourth-order valence-electron chi connectivity index (χ4n) is 2.03. The van der Waals surface area contributed by atoms with E-state index in [-0.39, 0.29) is 11.3 Å². The van der Waals surface area contributed by atoms with Crippen molar-refractivity contribution in [2.45, 2.75) is 26.7 Å². The standard InChI is InChI=1S/C16H26N2O2/c1-16(2,11-17)12-18(3)15(19)10-7-13-5-8-14(20-4)9-6-13/h5-6,8-9H,7,10-12,17H2,1-4H3. The Balaban J connectivity index is 2.45. The molecule has 4 nitrogen and oxygen atoms in total. The van der Waals surface area contributed by atoms with Crippen LogP contribution in [0, 0.1) is 5.41 Å². The van der Waals surface area contributed by atoms with Crippen molar-refractivity contribution in [2.75, 3.05) is 27.2 Å². The molecule has 0 atom stereocenters. The molecule has 1 aromatic carbocycles. The number of aryl methyl sites for hydroxylation is 1. The molecule has 0 spiro atoms. The van der Waals surface area contributed by atoms with E-state index in [9.17, 15) is 4.79 Å². The Kier molecular flexibility index (Phi) is 6.02. The van der Waals surface area contributed by atoms with Gasteiger partial charge in [-0.15, -0.1) is 0 Å². The molecular formula is C16H26N2O2. The van der Waals surface area contributed by atoms with E-state index in [1.807, 2.05) is 31.3 Å². The highest BCUT2D eigenvalue weighted by Gasteiger charge is 2.20. The van der Waals surface area contributed by atoms with Crippen molar-refractivity contribution in [2.24, 2.45) is 11.1 Å². The molecular weight excluding hydrogens is 252 g/mol. The molecule has 1 amide bonds. The van der Waals surface area contributed by atoms with Crippen molar-refractivity contribution in [1.29, 1.82) is 0 Å². The van der Waals surface area contributed by atoms with E-state index in [0.29, 0.717) is 19.5 Å². The van der Waals surface area contributed by atoms with Crippen molar-refractivity contribution in [1.82, 2.24) is 4.90 Å². The van der Waals surface area contributed by atoms with E-state index in [2.05, 4.69) is 13.8 Å². The van der Waals surface area contributed by atoms with Gasteiger partial charge in [-0.1, -0.05) is 26.0 Å². The third-order valence-electron chi connectivity index (χ3n) is 3.43. The molecule has 2 N–H and O–H groups in total. The van der Waals surface area contributed by atoms with Gasteiger partial charge in [-0.2, -0.15) is 0 Å². The van der Waals surface area contributed by atoms with Crippen LogP contribution in [0.25, 0.3) is 0 Å². The lowest BCUT2D eigenvalue weighted by molar-refractivity contribution is -0.131. The summed E-state index contributed by atoms with van der Waals surface area (Å²) in [7, 11) is 3.49. The highest BCUT2D eigenvalue weighted by atomic mass is 16.5. The van der Waals surface area contributed by atoms with Gasteiger partial charge in [0.15, 0.2) is 0 Å². The van der Waals surface area contributed by atoms with Crippen LogP contribution in [0.5, 0.6) is 5.75 Å². The summed E-state index contributed by atoms with van der Waals surface area (Å²) < 4.78 is 5.11. The van der Waals surface area contributed by atoms with Gasteiger partial charge in [-0.05, 0) is 36.1 Å². The van der Waals surface area contributed by atoms with Gasteiger partial charge in [0.05, 0.1) is 7.11 Å². The van der Waals surface area contributed by atoms with Crippen molar-refractivity contribution >= 4 is 5.91 Å². The molecule has 0 aromatic heterocycles. The zero-order valence-corrected chi connectivity index (χ0v) is 13.0. The SMILES string of the molecule is COc1ccc(CCC(=O)N(C)CC(C)(C)CN)cc1. The normalized spacial score (nSPS) is 11.2. The molecule has 0 aliphatic heterocycles. The number of benzene rings is 1. The highest BCUT2D eigenvalue weighted by Crippen LogP contribution is 2.16. The Bertz CT molecular complexity index is 427. The highest BCUT2D eigenvalue weighted by molar-refractivity contribution is 5.76. The van der Waals surface area contributed by atoms with Gasteiger partial charge in [0, 0.05) is 20.0 Å². The second kappa shape index (κ2) is 7.29. The molecule has 0 bridgehead atoms. The summed E-state index contributed by atoms with van der Waals surface area (Å²) in [6.07, 6.45) is 1.26. The Morgan fingerprint density at radius 1 is 1.30 bits per heavy atom. The quantitative estimate of drug-likeness (QED) is 0.830. The monoisotopic (exact) mass is 278 g/mol. The maximum absolute atomic E-state index is 12.1. The number of ether oxygens (including phenoxy) is 1. The number of amides is 1. The summed E-state index contributed by atoms with van der Waals surface area (Å²) in [5.74, 6) is 0.990. The predicted molar refractivity (Wildman–Crippen MR) is 81.8 cm³/mol. The molecule has 0 aliphatic rings. The third-order valence-corrected chi connectivity index (χ3v) is 3.43. The third kappa shape index (κ3) is 5.21. The van der Waals surface area contributed by atoms with Gasteiger partial charge in [0.2, 0.25) is 5.91 Å². The van der Waals surface area contributed by atoms with Gasteiger partial charge in [-0.3, -0.25) is 4.79 Å². The van der Waals surface area contributed by atoms with Crippen LogP contribution < -0.4 is 10.5 Å². The zero-order chi connectivity index (χ0) is 15.2. The van der Waals surface area contributed by atoms with Crippen LogP contribution in [0.2, 0.25) is 0 Å². The van der Waals surface area contributed by atoms with Crippen LogP contribution in [0.1, 0.15) is 25.8 Å². The molecule has 0 heterocycles. The van der Waals surface area contributed by atoms with Gasteiger partial charge in [0.25, 0.3) is 0 Å². The lowest BCUT2D eigenvalue weighted by Crippen LogP contribution is -2.39. The van der Waals surface area contributed by atoms with Crippen LogP contribution in [0.3, 0.4) is 0 Å². The molecule has 0 radical (unpaired) electrons. The lowest BCUT2D eigenvalue weighted by atomic mass is 9.93. The minimum atomic E-state index is -0.0372. The second-order valence-electron chi connectivity index (χ2n) is 5.97. The zero-order valence-electron chi connectivity index (χ0n) is 13.0. The first-order valence-electron chi connectivity index (χ1n) is 6.95. The number of carbonyl (C=O) groups excluding carboxylic acids is 1. The van der Waals surface area contributed by atoms with Gasteiger partial charge < -0.3 is 15.4 Å². The predicted octanol–water partition coefficient (Wildman–Crippen LogP) is 2.07. The van der Waals surface area contributed by atoms with E-state index in [0.717, 1.165) is 17.7 Å². The molecule has 0 saturated heterocycles. The first-order valence-corrected chi connectivity index (χ1v) is 6.95. The number of hydrogen-bond acceptors (Lipinski definition) is 3. The Morgan fingerprint density at radius 3 is 2.40 bits per heavy atom. The number of nitrogens with two attached hydrogens (primary N) is 1. The average molecular weight is 278 g/mol. The van der Waals surface area contributed by atoms with Crippen molar-refractivity contribution in [3.63, 3.8) is 0 Å². The van der Waals surface area contributed by atoms with E-state index in [1.165, 1.54) is 0 Å². The summed E-state index contributed by atoms with van der Waals surface area (Å²) in [4.78, 5) is 13.9. The van der Waals surface area contributed by atoms with Crippen LogP contribution >= 0.6 is 0 Å². The minimum Gasteiger partial charge on any atom is -0.497 e. The molecule has 0 unspecified atom stereocenters. The summed E-state index contributed by atoms with van der Waals surface area (Å²) in [5, 5.41) is 0. The lowest BCUT2D eigenvalue weighted by Gasteiger charge is -2.29. The number of nitrogens with zero attached hydrogens (tertiary/aromatic N) is 1. The van der Waals surface area contributed by atoms with Gasteiger partial charge in [0.1, 0.15) is 5.75 Å². The number of hydrogen-bond donors (Lipinski definition) is 1. The van der Waals surface area contributed by atoms with E-state index in [4.69, 9.17) is 10.5 Å². The maximum Gasteiger partial charge on any atom is 0.222 e. The fourth-order valence-corrected chi connectivity index (χ4v) is 2.03. The van der Waals surface area contributed by atoms with Crippen LogP contribution in [0.4, 0.5) is 0 Å². The molecule has 1 rings (SSSR count). The van der Waals surface area contributed by atoms with E-state index >= 15 is 0 Å². The van der Waals surface area contributed by atoms with E-state index < -0.39 is 0 Å². The van der Waals surface area contributed by atoms with E-state index in [1.54, 1.807) is 12.0 Å². The van der Waals surface area contributed by atoms with Crippen LogP contribution in [-0.4, -0.2) is 38.1 Å². The smallest absolute Gasteiger partial charge is 0.222 e. The summed E-state index contributed by atoms with van der Waals surface area (Å²) in [6, 6.07) is 7.83. The summed E-state index contributed by atoms with van der Waals surface area (Å²) in [5.41, 5.74) is 6.80. The molecule has 0 fully saturated rings.